The molecule has 4 nitrogen and oxygen atoms in total. The van der Waals surface area contributed by atoms with E-state index in [-0.39, 0.29) is 18.4 Å². The lowest BCUT2D eigenvalue weighted by molar-refractivity contribution is -0.121. The first-order chi connectivity index (χ1) is 5.07. The lowest BCUT2D eigenvalue weighted by Crippen LogP contribution is -2.33. The van der Waals surface area contributed by atoms with E-state index in [1.165, 1.54) is 0 Å². The third-order valence-electron chi connectivity index (χ3n) is 1.55. The summed E-state index contributed by atoms with van der Waals surface area (Å²) in [6, 6.07) is 0. The summed E-state index contributed by atoms with van der Waals surface area (Å²) in [5, 5.41) is 8.53. The number of primary amides is 1. The van der Waals surface area contributed by atoms with Gasteiger partial charge in [0.25, 0.3) is 0 Å². The lowest BCUT2D eigenvalue weighted by Gasteiger charge is -2.17. The van der Waals surface area contributed by atoms with Crippen molar-refractivity contribution in [2.24, 2.45) is 11.7 Å². The summed E-state index contributed by atoms with van der Waals surface area (Å²) in [5.74, 6) is -0.443. The Morgan fingerprint density at radius 1 is 1.73 bits per heavy atom. The zero-order chi connectivity index (χ0) is 8.85. The molecule has 0 fully saturated rings. The molecule has 1 amide bonds. The maximum absolute atomic E-state index is 10.6. The van der Waals surface area contributed by atoms with Gasteiger partial charge in [0.05, 0.1) is 6.61 Å². The van der Waals surface area contributed by atoms with Gasteiger partial charge in [0.2, 0.25) is 5.91 Å². The molecule has 0 spiro atoms. The summed E-state index contributed by atoms with van der Waals surface area (Å²) in [7, 11) is 1.84. The minimum atomic E-state index is -0.296. The molecule has 1 unspecified atom stereocenters. The average Bonchev–Trinajstić information content (AvgIpc) is 1.87. The van der Waals surface area contributed by atoms with Gasteiger partial charge in [-0.05, 0) is 7.05 Å². The molecule has 0 saturated heterocycles. The number of hydrogen-bond acceptors (Lipinski definition) is 3. The van der Waals surface area contributed by atoms with Crippen LogP contribution in [0, 0.1) is 5.92 Å². The molecule has 0 aliphatic carbocycles. The largest absolute Gasteiger partial charge is 0.395 e. The van der Waals surface area contributed by atoms with Gasteiger partial charge in [0.15, 0.2) is 0 Å². The van der Waals surface area contributed by atoms with Gasteiger partial charge >= 0.3 is 0 Å². The summed E-state index contributed by atoms with van der Waals surface area (Å²) in [4.78, 5) is 12.4. The summed E-state index contributed by atoms with van der Waals surface area (Å²) in [6.45, 7) is 3.08. The predicted octanol–water partition coefficient (Wildman–Crippen LogP) is -0.968. The van der Waals surface area contributed by atoms with Gasteiger partial charge in [-0.1, -0.05) is 6.92 Å². The zero-order valence-corrected chi connectivity index (χ0v) is 7.08. The number of aliphatic hydroxyl groups excluding tert-OH is 1. The van der Waals surface area contributed by atoms with Crippen LogP contribution in [0.1, 0.15) is 6.92 Å². The maximum atomic E-state index is 10.6. The smallest absolute Gasteiger partial charge is 0.221 e. The van der Waals surface area contributed by atoms with Gasteiger partial charge in [-0.15, -0.1) is 0 Å². The van der Waals surface area contributed by atoms with E-state index in [9.17, 15) is 4.79 Å². The molecule has 66 valence electrons. The Labute approximate surface area is 67.0 Å². The topological polar surface area (TPSA) is 66.6 Å². The van der Waals surface area contributed by atoms with E-state index in [4.69, 9.17) is 10.8 Å². The van der Waals surface area contributed by atoms with Gasteiger partial charge in [0.1, 0.15) is 0 Å². The van der Waals surface area contributed by atoms with Crippen molar-refractivity contribution in [3.63, 3.8) is 0 Å². The molecular formula is C7H16N2O2. The number of carbonyl (C=O) groups excluding carboxylic acids is 1. The Morgan fingerprint density at radius 2 is 2.27 bits per heavy atom. The second-order valence-corrected chi connectivity index (χ2v) is 2.79. The van der Waals surface area contributed by atoms with Crippen LogP contribution in [0.25, 0.3) is 0 Å². The first kappa shape index (κ1) is 10.4. The van der Waals surface area contributed by atoms with Crippen molar-refractivity contribution >= 4 is 5.91 Å². The van der Waals surface area contributed by atoms with Crippen LogP contribution in [-0.2, 0) is 4.79 Å². The number of likely N-dealkylation sites (N-methyl/N-ethyl adjacent to an activating group) is 1. The lowest BCUT2D eigenvalue weighted by atomic mass is 10.1. The van der Waals surface area contributed by atoms with E-state index in [1.54, 1.807) is 6.92 Å². The summed E-state index contributed by atoms with van der Waals surface area (Å²) < 4.78 is 0. The highest BCUT2D eigenvalue weighted by Gasteiger charge is 2.10. The third kappa shape index (κ3) is 4.75. The van der Waals surface area contributed by atoms with Gasteiger partial charge in [-0.3, -0.25) is 4.79 Å². The van der Waals surface area contributed by atoms with Crippen LogP contribution < -0.4 is 5.73 Å². The molecule has 1 atom stereocenters. The number of aliphatic hydroxyl groups is 1. The average molecular weight is 160 g/mol. The Balaban J connectivity index is 3.56. The minimum Gasteiger partial charge on any atom is -0.395 e. The molecule has 0 heterocycles. The van der Waals surface area contributed by atoms with Crippen LogP contribution in [-0.4, -0.2) is 42.7 Å². The Kier molecular flexibility index (Phi) is 4.81. The van der Waals surface area contributed by atoms with Crippen molar-refractivity contribution in [2.45, 2.75) is 6.92 Å². The molecule has 0 aliphatic rings. The normalized spacial score (nSPS) is 13.5. The molecule has 0 rings (SSSR count). The fourth-order valence-corrected chi connectivity index (χ4v) is 0.819. The first-order valence-electron chi connectivity index (χ1n) is 3.66. The second-order valence-electron chi connectivity index (χ2n) is 2.79. The fraction of sp³-hybridized carbons (Fsp3) is 0.857. The SMILES string of the molecule is CC(CN(C)CCO)C(N)=O. The molecule has 0 radical (unpaired) electrons. The molecule has 3 N–H and O–H groups in total. The van der Waals surface area contributed by atoms with Crippen molar-refractivity contribution in [1.29, 1.82) is 0 Å². The van der Waals surface area contributed by atoms with Crippen molar-refractivity contribution in [1.82, 2.24) is 4.90 Å². The van der Waals surface area contributed by atoms with Crippen molar-refractivity contribution < 1.29 is 9.90 Å². The number of nitrogens with zero attached hydrogens (tertiary/aromatic N) is 1. The zero-order valence-electron chi connectivity index (χ0n) is 7.08. The van der Waals surface area contributed by atoms with Crippen LogP contribution in [0.3, 0.4) is 0 Å². The van der Waals surface area contributed by atoms with Gasteiger partial charge < -0.3 is 15.7 Å². The Morgan fingerprint density at radius 3 is 2.64 bits per heavy atom. The number of nitrogens with two attached hydrogens (primary N) is 1. The van der Waals surface area contributed by atoms with Crippen LogP contribution in [0.5, 0.6) is 0 Å². The third-order valence-corrected chi connectivity index (χ3v) is 1.55. The number of hydrogen-bond donors (Lipinski definition) is 2. The summed E-state index contributed by atoms with van der Waals surface area (Å²) in [5.41, 5.74) is 5.05. The van der Waals surface area contributed by atoms with Crippen LogP contribution >= 0.6 is 0 Å². The van der Waals surface area contributed by atoms with E-state index in [0.717, 1.165) is 0 Å². The van der Waals surface area contributed by atoms with E-state index >= 15 is 0 Å². The summed E-state index contributed by atoms with van der Waals surface area (Å²) >= 11 is 0. The van der Waals surface area contributed by atoms with E-state index in [0.29, 0.717) is 13.1 Å². The second kappa shape index (κ2) is 5.09. The maximum Gasteiger partial charge on any atom is 0.221 e. The molecule has 0 aromatic rings. The standard InChI is InChI=1S/C7H16N2O2/c1-6(7(8)11)5-9(2)3-4-10/h6,10H,3-5H2,1-2H3,(H2,8,11). The molecule has 0 aromatic carbocycles. The number of rotatable bonds is 5. The van der Waals surface area contributed by atoms with E-state index in [1.807, 2.05) is 11.9 Å². The van der Waals surface area contributed by atoms with Gasteiger partial charge in [-0.25, -0.2) is 0 Å². The summed E-state index contributed by atoms with van der Waals surface area (Å²) in [6.07, 6.45) is 0. The van der Waals surface area contributed by atoms with Crippen molar-refractivity contribution in [3.05, 3.63) is 0 Å². The molecule has 0 aromatic heterocycles. The monoisotopic (exact) mass is 160 g/mol. The molecule has 11 heavy (non-hydrogen) atoms. The fourth-order valence-electron chi connectivity index (χ4n) is 0.819. The molecule has 0 aliphatic heterocycles. The van der Waals surface area contributed by atoms with Crippen molar-refractivity contribution in [2.75, 3.05) is 26.7 Å². The highest BCUT2D eigenvalue weighted by molar-refractivity contribution is 5.76. The van der Waals surface area contributed by atoms with Crippen LogP contribution in [0.2, 0.25) is 0 Å². The highest BCUT2D eigenvalue weighted by atomic mass is 16.3. The molecular weight excluding hydrogens is 144 g/mol. The van der Waals surface area contributed by atoms with Gasteiger partial charge in [0, 0.05) is 19.0 Å². The Bertz CT molecular complexity index is 128. The molecule has 4 heteroatoms. The minimum absolute atomic E-state index is 0.113. The quantitative estimate of drug-likeness (QED) is 0.544. The predicted molar refractivity (Wildman–Crippen MR) is 42.9 cm³/mol. The van der Waals surface area contributed by atoms with Gasteiger partial charge in [-0.2, -0.15) is 0 Å². The number of amides is 1. The molecule has 0 saturated carbocycles. The van der Waals surface area contributed by atoms with Crippen LogP contribution in [0.15, 0.2) is 0 Å². The van der Waals surface area contributed by atoms with E-state index < -0.39 is 0 Å². The molecule has 0 bridgehead atoms. The Hall–Kier alpha value is -0.610. The van der Waals surface area contributed by atoms with E-state index in [2.05, 4.69) is 0 Å². The number of carbonyl (C=O) groups is 1. The first-order valence-corrected chi connectivity index (χ1v) is 3.66. The van der Waals surface area contributed by atoms with Crippen LogP contribution in [0.4, 0.5) is 0 Å². The highest BCUT2D eigenvalue weighted by Crippen LogP contribution is 1.95. The van der Waals surface area contributed by atoms with Crippen molar-refractivity contribution in [3.8, 4) is 0 Å².